The first-order valence-corrected chi connectivity index (χ1v) is 9.13. The normalized spacial score (nSPS) is 12.4. The highest BCUT2D eigenvalue weighted by atomic mass is 19.1. The molecular formula is C20H20F2N6O. The fourth-order valence-corrected chi connectivity index (χ4v) is 3.11. The molecule has 3 heterocycles. The van der Waals surface area contributed by atoms with Crippen LogP contribution in [0.1, 0.15) is 18.5 Å². The van der Waals surface area contributed by atoms with E-state index in [1.54, 1.807) is 47.9 Å². The molecular weight excluding hydrogens is 378 g/mol. The predicted molar refractivity (Wildman–Crippen MR) is 104 cm³/mol. The summed E-state index contributed by atoms with van der Waals surface area (Å²) in [7, 11) is 1.64. The SMILES string of the molecule is COCCn1cc(-c2cnn3ccc(N[C@H](C)c4cc(F)ccc4F)nc23)cn1. The van der Waals surface area contributed by atoms with Gasteiger partial charge in [-0.3, -0.25) is 4.68 Å². The zero-order valence-electron chi connectivity index (χ0n) is 16.0. The van der Waals surface area contributed by atoms with Gasteiger partial charge in [0.1, 0.15) is 17.5 Å². The summed E-state index contributed by atoms with van der Waals surface area (Å²) in [5, 5.41) is 11.8. The fourth-order valence-electron chi connectivity index (χ4n) is 3.11. The summed E-state index contributed by atoms with van der Waals surface area (Å²) < 4.78 is 36.1. The maximum atomic E-state index is 14.0. The monoisotopic (exact) mass is 398 g/mol. The first-order chi connectivity index (χ1) is 14.0. The lowest BCUT2D eigenvalue weighted by molar-refractivity contribution is 0.183. The van der Waals surface area contributed by atoms with Crippen LogP contribution >= 0.6 is 0 Å². The summed E-state index contributed by atoms with van der Waals surface area (Å²) >= 11 is 0. The second-order valence-corrected chi connectivity index (χ2v) is 6.66. The van der Waals surface area contributed by atoms with Gasteiger partial charge in [-0.2, -0.15) is 10.2 Å². The van der Waals surface area contributed by atoms with Gasteiger partial charge in [0.05, 0.1) is 31.6 Å². The van der Waals surface area contributed by atoms with Crippen molar-refractivity contribution in [2.45, 2.75) is 19.5 Å². The number of hydrogen-bond acceptors (Lipinski definition) is 5. The van der Waals surface area contributed by atoms with Crippen molar-refractivity contribution in [1.29, 1.82) is 0 Å². The molecule has 0 saturated carbocycles. The molecule has 0 fully saturated rings. The number of fused-ring (bicyclic) bond motifs is 1. The minimum absolute atomic E-state index is 0.236. The Bertz CT molecular complexity index is 1140. The first-order valence-electron chi connectivity index (χ1n) is 9.13. The maximum absolute atomic E-state index is 14.0. The van der Waals surface area contributed by atoms with Crippen LogP contribution in [0.5, 0.6) is 0 Å². The molecule has 0 radical (unpaired) electrons. The Hall–Kier alpha value is -3.33. The van der Waals surface area contributed by atoms with Gasteiger partial charge >= 0.3 is 0 Å². The zero-order chi connectivity index (χ0) is 20.4. The minimum atomic E-state index is -0.484. The molecule has 0 bridgehead atoms. The van der Waals surface area contributed by atoms with Crippen molar-refractivity contribution in [3.8, 4) is 11.1 Å². The molecule has 7 nitrogen and oxygen atoms in total. The maximum Gasteiger partial charge on any atom is 0.165 e. The molecule has 0 unspecified atom stereocenters. The van der Waals surface area contributed by atoms with E-state index in [-0.39, 0.29) is 5.56 Å². The summed E-state index contributed by atoms with van der Waals surface area (Å²) in [4.78, 5) is 4.61. The number of rotatable bonds is 7. The minimum Gasteiger partial charge on any atom is -0.383 e. The number of hydrogen-bond donors (Lipinski definition) is 1. The predicted octanol–water partition coefficient (Wildman–Crippen LogP) is 3.69. The van der Waals surface area contributed by atoms with Crippen LogP contribution in [0.2, 0.25) is 0 Å². The molecule has 0 aliphatic rings. The van der Waals surface area contributed by atoms with E-state index in [1.165, 1.54) is 6.07 Å². The number of ether oxygens (including phenoxy) is 1. The number of nitrogens with one attached hydrogen (secondary N) is 1. The van der Waals surface area contributed by atoms with Crippen LogP contribution in [-0.4, -0.2) is 38.1 Å². The second-order valence-electron chi connectivity index (χ2n) is 6.66. The van der Waals surface area contributed by atoms with Crippen molar-refractivity contribution in [3.05, 3.63) is 66.3 Å². The van der Waals surface area contributed by atoms with Gasteiger partial charge in [0.2, 0.25) is 0 Å². The van der Waals surface area contributed by atoms with E-state index in [0.717, 1.165) is 23.3 Å². The number of methoxy groups -OCH3 is 1. The molecule has 0 amide bonds. The lowest BCUT2D eigenvalue weighted by Crippen LogP contribution is -2.10. The molecule has 0 saturated heterocycles. The van der Waals surface area contributed by atoms with Gasteiger partial charge in [0.25, 0.3) is 0 Å². The Morgan fingerprint density at radius 1 is 1.17 bits per heavy atom. The highest BCUT2D eigenvalue weighted by Crippen LogP contribution is 2.26. The number of anilines is 1. The van der Waals surface area contributed by atoms with E-state index in [2.05, 4.69) is 20.5 Å². The molecule has 1 atom stereocenters. The molecule has 9 heteroatoms. The van der Waals surface area contributed by atoms with Crippen LogP contribution < -0.4 is 5.32 Å². The van der Waals surface area contributed by atoms with Gasteiger partial charge in [-0.25, -0.2) is 18.3 Å². The van der Waals surface area contributed by atoms with Crippen molar-refractivity contribution in [2.24, 2.45) is 0 Å². The molecule has 4 aromatic rings. The van der Waals surface area contributed by atoms with Crippen molar-refractivity contribution in [2.75, 3.05) is 19.0 Å². The fraction of sp³-hybridized carbons (Fsp3) is 0.250. The van der Waals surface area contributed by atoms with Crippen LogP contribution in [0.25, 0.3) is 16.8 Å². The molecule has 1 aromatic carbocycles. The standard InChI is InChI=1S/C20H20F2N6O/c1-13(16-9-15(21)3-4-18(16)22)25-19-5-6-28-20(26-19)17(11-24-28)14-10-23-27(12-14)7-8-29-2/h3-6,9-13H,7-8H2,1-2H3,(H,25,26)/t13-/m1/s1. The average Bonchev–Trinajstić information content (AvgIpc) is 3.34. The van der Waals surface area contributed by atoms with Crippen LogP contribution in [0.3, 0.4) is 0 Å². The van der Waals surface area contributed by atoms with Crippen molar-refractivity contribution in [1.82, 2.24) is 24.4 Å². The Kier molecular flexibility index (Phi) is 5.22. The van der Waals surface area contributed by atoms with E-state index in [0.29, 0.717) is 24.6 Å². The van der Waals surface area contributed by atoms with E-state index in [4.69, 9.17) is 4.74 Å². The molecule has 150 valence electrons. The third-order valence-electron chi connectivity index (χ3n) is 4.63. The lowest BCUT2D eigenvalue weighted by atomic mass is 10.1. The number of aromatic nitrogens is 5. The zero-order valence-corrected chi connectivity index (χ0v) is 16.0. The summed E-state index contributed by atoms with van der Waals surface area (Å²) in [5.41, 5.74) is 2.57. The van der Waals surface area contributed by atoms with Crippen LogP contribution in [0, 0.1) is 11.6 Å². The lowest BCUT2D eigenvalue weighted by Gasteiger charge is -2.16. The molecule has 0 aliphatic heterocycles. The molecule has 0 spiro atoms. The summed E-state index contributed by atoms with van der Waals surface area (Å²) in [6, 6.07) is 4.67. The molecule has 4 rings (SSSR count). The van der Waals surface area contributed by atoms with E-state index in [9.17, 15) is 8.78 Å². The molecule has 1 N–H and O–H groups in total. The van der Waals surface area contributed by atoms with Gasteiger partial charge in [-0.05, 0) is 31.2 Å². The van der Waals surface area contributed by atoms with Crippen LogP contribution in [0.15, 0.2) is 49.1 Å². The molecule has 3 aromatic heterocycles. The summed E-state index contributed by atoms with van der Waals surface area (Å²) in [5.74, 6) is -0.426. The van der Waals surface area contributed by atoms with E-state index >= 15 is 0 Å². The molecule has 29 heavy (non-hydrogen) atoms. The Morgan fingerprint density at radius 2 is 2.03 bits per heavy atom. The Morgan fingerprint density at radius 3 is 2.86 bits per heavy atom. The van der Waals surface area contributed by atoms with Crippen LogP contribution in [0.4, 0.5) is 14.6 Å². The first kappa shape index (κ1) is 19.0. The third kappa shape index (κ3) is 3.95. The average molecular weight is 398 g/mol. The van der Waals surface area contributed by atoms with Gasteiger partial charge in [-0.1, -0.05) is 0 Å². The van der Waals surface area contributed by atoms with Crippen molar-refractivity contribution in [3.63, 3.8) is 0 Å². The molecule has 0 aliphatic carbocycles. The Balaban J connectivity index is 1.61. The number of halogens is 2. The van der Waals surface area contributed by atoms with Gasteiger partial charge < -0.3 is 10.1 Å². The van der Waals surface area contributed by atoms with Gasteiger partial charge in [0.15, 0.2) is 5.65 Å². The number of nitrogens with zero attached hydrogens (tertiary/aromatic N) is 5. The Labute approximate surface area is 165 Å². The van der Waals surface area contributed by atoms with Crippen LogP contribution in [-0.2, 0) is 11.3 Å². The smallest absolute Gasteiger partial charge is 0.165 e. The van der Waals surface area contributed by atoms with Crippen molar-refractivity contribution >= 4 is 11.5 Å². The summed E-state index contributed by atoms with van der Waals surface area (Å²) in [6.45, 7) is 2.96. The topological polar surface area (TPSA) is 69.3 Å². The van der Waals surface area contributed by atoms with Crippen molar-refractivity contribution < 1.29 is 13.5 Å². The van der Waals surface area contributed by atoms with E-state index < -0.39 is 17.7 Å². The highest BCUT2D eigenvalue weighted by Gasteiger charge is 2.15. The van der Waals surface area contributed by atoms with Gasteiger partial charge in [0, 0.05) is 36.2 Å². The largest absolute Gasteiger partial charge is 0.383 e. The number of benzene rings is 1. The van der Waals surface area contributed by atoms with E-state index in [1.807, 2.05) is 6.20 Å². The highest BCUT2D eigenvalue weighted by molar-refractivity contribution is 5.76. The third-order valence-corrected chi connectivity index (χ3v) is 4.63. The quantitative estimate of drug-likeness (QED) is 0.514. The second kappa shape index (κ2) is 7.96. The van der Waals surface area contributed by atoms with Gasteiger partial charge in [-0.15, -0.1) is 0 Å². The summed E-state index contributed by atoms with van der Waals surface area (Å²) in [6.07, 6.45) is 7.14.